The van der Waals surface area contributed by atoms with E-state index in [4.69, 9.17) is 0 Å². The minimum atomic E-state index is -0.401. The minimum absolute atomic E-state index is 0.289. The van der Waals surface area contributed by atoms with E-state index in [9.17, 15) is 9.59 Å². The fourth-order valence-corrected chi connectivity index (χ4v) is 3.16. The lowest BCUT2D eigenvalue weighted by Gasteiger charge is -2.31. The highest BCUT2D eigenvalue weighted by Gasteiger charge is 2.28. The third-order valence-corrected chi connectivity index (χ3v) is 5.15. The maximum Gasteiger partial charge on any atom is 0.334 e. The Labute approximate surface area is 141 Å². The van der Waals surface area contributed by atoms with Gasteiger partial charge in [0.1, 0.15) is 17.9 Å². The molecule has 0 amide bonds. The van der Waals surface area contributed by atoms with E-state index in [-0.39, 0.29) is 5.56 Å². The fraction of sp³-hybridized carbons (Fsp3) is 0.444. The second-order valence-corrected chi connectivity index (χ2v) is 6.69. The van der Waals surface area contributed by atoms with Gasteiger partial charge in [-0.05, 0) is 50.5 Å². The minimum Gasteiger partial charge on any atom is -0.324 e. The van der Waals surface area contributed by atoms with Crippen LogP contribution in [0.25, 0.3) is 5.69 Å². The molecule has 0 spiro atoms. The molecule has 2 atom stereocenters. The molecule has 3 N–H and O–H groups in total. The van der Waals surface area contributed by atoms with Crippen LogP contribution in [0.1, 0.15) is 37.0 Å². The van der Waals surface area contributed by atoms with Crippen LogP contribution in [0.2, 0.25) is 0 Å². The van der Waals surface area contributed by atoms with Gasteiger partial charge in [-0.25, -0.2) is 9.36 Å². The molecule has 3 rings (SSSR count). The summed E-state index contributed by atoms with van der Waals surface area (Å²) >= 11 is 0. The number of rotatable bonds is 3. The van der Waals surface area contributed by atoms with Crippen molar-refractivity contribution >= 4 is 5.82 Å². The first kappa shape index (κ1) is 16.5. The average molecular weight is 329 g/mol. The zero-order valence-corrected chi connectivity index (χ0v) is 14.7. The molecular formula is C18H25N4O2+. The Hall–Kier alpha value is -2.34. The van der Waals surface area contributed by atoms with Gasteiger partial charge < -0.3 is 10.2 Å². The Morgan fingerprint density at radius 3 is 2.67 bits per heavy atom. The number of aryl methyl sites for hydroxylation is 2. The monoisotopic (exact) mass is 329 g/mol. The topological polar surface area (TPSA) is 71.3 Å². The van der Waals surface area contributed by atoms with Gasteiger partial charge in [0.05, 0.1) is 11.7 Å². The van der Waals surface area contributed by atoms with Crippen molar-refractivity contribution in [3.63, 3.8) is 0 Å². The largest absolute Gasteiger partial charge is 0.334 e. The van der Waals surface area contributed by atoms with Gasteiger partial charge in [-0.15, -0.1) is 0 Å². The molecule has 24 heavy (non-hydrogen) atoms. The molecule has 1 unspecified atom stereocenters. The predicted molar refractivity (Wildman–Crippen MR) is 95.0 cm³/mol. The van der Waals surface area contributed by atoms with Crippen LogP contribution in [-0.2, 0) is 6.54 Å². The molecule has 0 saturated carbocycles. The van der Waals surface area contributed by atoms with E-state index in [2.05, 4.69) is 24.1 Å². The van der Waals surface area contributed by atoms with Crippen molar-refractivity contribution in [1.29, 1.82) is 0 Å². The molecule has 6 heteroatoms. The van der Waals surface area contributed by atoms with Gasteiger partial charge in [0.15, 0.2) is 6.67 Å². The van der Waals surface area contributed by atoms with Crippen molar-refractivity contribution in [3.05, 3.63) is 55.7 Å². The highest BCUT2D eigenvalue weighted by atomic mass is 16.2. The first-order valence-corrected chi connectivity index (χ1v) is 8.46. The van der Waals surface area contributed by atoms with E-state index in [1.165, 1.54) is 10.5 Å². The third kappa shape index (κ3) is 2.78. The second-order valence-electron chi connectivity index (χ2n) is 6.69. The number of nitrogens with one attached hydrogen (secondary N) is 3. The van der Waals surface area contributed by atoms with Crippen LogP contribution in [0.15, 0.2) is 27.8 Å². The predicted octanol–water partition coefficient (Wildman–Crippen LogP) is 0.709. The first-order chi connectivity index (χ1) is 11.4. The summed E-state index contributed by atoms with van der Waals surface area (Å²) in [5.41, 5.74) is 3.02. The van der Waals surface area contributed by atoms with Gasteiger partial charge in [-0.2, -0.15) is 0 Å². The van der Waals surface area contributed by atoms with Crippen LogP contribution in [0.5, 0.6) is 0 Å². The van der Waals surface area contributed by atoms with Gasteiger partial charge in [0, 0.05) is 0 Å². The summed E-state index contributed by atoms with van der Waals surface area (Å²) in [5, 5.41) is 3.32. The Morgan fingerprint density at radius 2 is 2.00 bits per heavy atom. The quantitative estimate of drug-likeness (QED) is 0.777. The molecule has 2 heterocycles. The highest BCUT2D eigenvalue weighted by Crippen LogP contribution is 2.19. The molecule has 1 aromatic heterocycles. The van der Waals surface area contributed by atoms with E-state index < -0.39 is 5.69 Å². The zero-order chi connectivity index (χ0) is 17.4. The number of H-pyrrole nitrogens is 1. The summed E-state index contributed by atoms with van der Waals surface area (Å²) in [4.78, 5) is 28.5. The normalized spacial score (nSPS) is 17.9. The van der Waals surface area contributed by atoms with E-state index >= 15 is 0 Å². The van der Waals surface area contributed by atoms with E-state index in [1.54, 1.807) is 4.57 Å². The molecule has 1 aliphatic rings. The van der Waals surface area contributed by atoms with Crippen molar-refractivity contribution in [1.82, 2.24) is 9.55 Å². The molecule has 0 saturated heterocycles. The van der Waals surface area contributed by atoms with Crippen LogP contribution >= 0.6 is 0 Å². The summed E-state index contributed by atoms with van der Waals surface area (Å²) in [6, 6.07) is 6.34. The van der Waals surface area contributed by atoms with Crippen LogP contribution in [0, 0.1) is 13.8 Å². The lowest BCUT2D eigenvalue weighted by molar-refractivity contribution is -0.935. The van der Waals surface area contributed by atoms with E-state index in [0.29, 0.717) is 30.6 Å². The van der Waals surface area contributed by atoms with Crippen molar-refractivity contribution in [2.24, 2.45) is 0 Å². The number of nitrogens with zero attached hydrogens (tertiary/aromatic N) is 1. The molecule has 0 radical (unpaired) electrons. The maximum absolute atomic E-state index is 12.4. The van der Waals surface area contributed by atoms with E-state index in [0.717, 1.165) is 17.7 Å². The number of benzene rings is 1. The van der Waals surface area contributed by atoms with Gasteiger partial charge in [0.25, 0.3) is 5.56 Å². The summed E-state index contributed by atoms with van der Waals surface area (Å²) < 4.78 is 1.58. The zero-order valence-electron chi connectivity index (χ0n) is 14.7. The van der Waals surface area contributed by atoms with Gasteiger partial charge in [-0.1, -0.05) is 13.0 Å². The Bertz CT molecular complexity index is 882. The van der Waals surface area contributed by atoms with Crippen LogP contribution in [0.3, 0.4) is 0 Å². The smallest absolute Gasteiger partial charge is 0.324 e. The molecule has 128 valence electrons. The number of fused-ring (bicyclic) bond motifs is 1. The molecule has 1 aliphatic heterocycles. The summed E-state index contributed by atoms with van der Waals surface area (Å²) in [7, 11) is 0. The van der Waals surface area contributed by atoms with Gasteiger partial charge >= 0.3 is 5.69 Å². The first-order valence-electron chi connectivity index (χ1n) is 8.46. The Balaban J connectivity index is 2.14. The number of hydrogen-bond donors (Lipinski definition) is 3. The molecule has 0 aliphatic carbocycles. The van der Waals surface area contributed by atoms with E-state index in [1.807, 2.05) is 32.0 Å². The van der Waals surface area contributed by atoms with Gasteiger partial charge in [-0.3, -0.25) is 9.78 Å². The summed E-state index contributed by atoms with van der Waals surface area (Å²) in [6.07, 6.45) is 1.04. The standard InChI is InChI=1S/C18H24N4O2/c1-5-13(4)21-9-15-16(19-10-21)22(18(24)20-17(15)23)14-7-6-11(2)12(3)8-14/h6-8,13,19H,5,9-10H2,1-4H3,(H,20,23,24)/p+1/t13-/m1/s1. The van der Waals surface area contributed by atoms with Crippen molar-refractivity contribution < 1.29 is 4.90 Å². The number of quaternary nitrogens is 1. The van der Waals surface area contributed by atoms with Crippen molar-refractivity contribution in [2.75, 3.05) is 12.0 Å². The van der Waals surface area contributed by atoms with Crippen LogP contribution in [-0.4, -0.2) is 22.3 Å². The number of hydrogen-bond acceptors (Lipinski definition) is 3. The second kappa shape index (κ2) is 6.28. The lowest BCUT2D eigenvalue weighted by atomic mass is 10.1. The molecule has 0 fully saturated rings. The highest BCUT2D eigenvalue weighted by molar-refractivity contribution is 5.52. The van der Waals surface area contributed by atoms with Crippen molar-refractivity contribution in [2.45, 2.75) is 46.7 Å². The lowest BCUT2D eigenvalue weighted by Crippen LogP contribution is -3.16. The molecule has 2 aromatic rings. The molecule has 0 bridgehead atoms. The molecule has 1 aromatic carbocycles. The number of aromatic nitrogens is 2. The van der Waals surface area contributed by atoms with Gasteiger partial charge in [0.2, 0.25) is 0 Å². The summed E-state index contributed by atoms with van der Waals surface area (Å²) in [5.74, 6) is 0.624. The molecular weight excluding hydrogens is 304 g/mol. The Kier molecular flexibility index (Phi) is 4.32. The average Bonchev–Trinajstić information content (AvgIpc) is 2.57. The SMILES string of the molecule is CC[C@@H](C)[NH+]1CNc2c(c(=O)[nH]c(=O)n2-c2ccc(C)c(C)c2)C1. The third-order valence-electron chi connectivity index (χ3n) is 5.15. The molecule has 6 nitrogen and oxygen atoms in total. The fourth-order valence-electron chi connectivity index (χ4n) is 3.16. The van der Waals surface area contributed by atoms with Crippen LogP contribution < -0.4 is 21.5 Å². The number of aromatic amines is 1. The maximum atomic E-state index is 12.4. The Morgan fingerprint density at radius 1 is 1.25 bits per heavy atom. The van der Waals surface area contributed by atoms with Crippen molar-refractivity contribution in [3.8, 4) is 5.69 Å². The van der Waals surface area contributed by atoms with Crippen LogP contribution in [0.4, 0.5) is 5.82 Å². The number of anilines is 1. The summed E-state index contributed by atoms with van der Waals surface area (Å²) in [6.45, 7) is 9.70.